The van der Waals surface area contributed by atoms with Crippen LogP contribution in [-0.4, -0.2) is 28.2 Å². The lowest BCUT2D eigenvalue weighted by Gasteiger charge is -2.29. The summed E-state index contributed by atoms with van der Waals surface area (Å²) in [5.41, 5.74) is 1.30. The lowest BCUT2D eigenvalue weighted by atomic mass is 9.86. The summed E-state index contributed by atoms with van der Waals surface area (Å²) in [5.74, 6) is -2.10. The molecule has 2 N–H and O–H groups in total. The number of anilines is 1. The van der Waals surface area contributed by atoms with Crippen molar-refractivity contribution in [3.8, 4) is 0 Å². The summed E-state index contributed by atoms with van der Waals surface area (Å²) >= 11 is 0. The van der Waals surface area contributed by atoms with Gasteiger partial charge in [-0.05, 0) is 29.8 Å². The standard InChI is InChI=1S/C21H16FNO4/c22-16-9-5-4-8-14(16)19-18-15(10-12(21(26)27)11-17(18)24)20(25)23(19)13-6-2-1-3-7-13/h1-9,11,17,19,24H,10H2,(H,26,27)/t17-,19-/m0/s1. The molecular weight excluding hydrogens is 349 g/mol. The monoisotopic (exact) mass is 365 g/mol. The van der Waals surface area contributed by atoms with Crippen LogP contribution in [0.2, 0.25) is 0 Å². The van der Waals surface area contributed by atoms with E-state index < -0.39 is 29.8 Å². The Balaban J connectivity index is 1.89. The maximum absolute atomic E-state index is 14.6. The van der Waals surface area contributed by atoms with Crippen molar-refractivity contribution in [1.82, 2.24) is 0 Å². The Morgan fingerprint density at radius 3 is 2.41 bits per heavy atom. The Morgan fingerprint density at radius 1 is 1.07 bits per heavy atom. The number of carbonyl (C=O) groups excluding carboxylic acids is 1. The molecule has 1 aliphatic carbocycles. The number of aliphatic carboxylic acids is 1. The highest BCUT2D eigenvalue weighted by Crippen LogP contribution is 2.46. The maximum Gasteiger partial charge on any atom is 0.331 e. The van der Waals surface area contributed by atoms with Crippen molar-refractivity contribution in [3.63, 3.8) is 0 Å². The van der Waals surface area contributed by atoms with Crippen molar-refractivity contribution in [2.45, 2.75) is 18.6 Å². The fourth-order valence-electron chi connectivity index (χ4n) is 3.74. The topological polar surface area (TPSA) is 77.8 Å². The number of aliphatic hydroxyl groups excluding tert-OH is 1. The van der Waals surface area contributed by atoms with Gasteiger partial charge in [0.25, 0.3) is 5.91 Å². The fraction of sp³-hybridized carbons (Fsp3) is 0.143. The molecule has 4 rings (SSSR count). The Morgan fingerprint density at radius 2 is 1.74 bits per heavy atom. The molecule has 0 bridgehead atoms. The van der Waals surface area contributed by atoms with Crippen molar-refractivity contribution < 1.29 is 24.2 Å². The summed E-state index contributed by atoms with van der Waals surface area (Å²) in [4.78, 5) is 26.0. The van der Waals surface area contributed by atoms with Crippen LogP contribution in [0.4, 0.5) is 10.1 Å². The van der Waals surface area contributed by atoms with E-state index in [1.54, 1.807) is 48.5 Å². The van der Waals surface area contributed by atoms with Gasteiger partial charge in [-0.15, -0.1) is 0 Å². The van der Waals surface area contributed by atoms with Gasteiger partial charge in [0.15, 0.2) is 0 Å². The molecule has 5 nitrogen and oxygen atoms in total. The van der Waals surface area contributed by atoms with Crippen molar-refractivity contribution in [3.05, 3.63) is 88.8 Å². The summed E-state index contributed by atoms with van der Waals surface area (Å²) in [6.07, 6.45) is -0.159. The van der Waals surface area contributed by atoms with E-state index in [0.29, 0.717) is 11.3 Å². The van der Waals surface area contributed by atoms with Crippen LogP contribution < -0.4 is 4.90 Å². The van der Waals surface area contributed by atoms with E-state index in [-0.39, 0.29) is 23.1 Å². The first-order valence-electron chi connectivity index (χ1n) is 8.47. The SMILES string of the molecule is O=C(O)C1=C[C@H](O)C2=C(C1)C(=O)N(c1ccccc1)[C@H]2c1ccccc1F. The van der Waals surface area contributed by atoms with Crippen LogP contribution in [0.3, 0.4) is 0 Å². The van der Waals surface area contributed by atoms with Gasteiger partial charge in [0, 0.05) is 28.8 Å². The number of rotatable bonds is 3. The molecule has 136 valence electrons. The molecule has 2 aromatic carbocycles. The molecule has 0 aromatic heterocycles. The van der Waals surface area contributed by atoms with Crippen LogP contribution in [-0.2, 0) is 9.59 Å². The largest absolute Gasteiger partial charge is 0.478 e. The summed E-state index contributed by atoms with van der Waals surface area (Å²) in [6, 6.07) is 14.0. The first kappa shape index (κ1) is 17.2. The fourth-order valence-corrected chi connectivity index (χ4v) is 3.74. The van der Waals surface area contributed by atoms with Crippen LogP contribution in [0.25, 0.3) is 0 Å². The predicted molar refractivity (Wildman–Crippen MR) is 96.4 cm³/mol. The van der Waals surface area contributed by atoms with Crippen LogP contribution in [0.1, 0.15) is 18.0 Å². The minimum atomic E-state index is -1.28. The number of nitrogens with zero attached hydrogens (tertiary/aromatic N) is 1. The first-order chi connectivity index (χ1) is 13.0. The number of benzene rings is 2. The molecule has 6 heteroatoms. The average Bonchev–Trinajstić information content (AvgIpc) is 2.96. The number of aliphatic hydroxyl groups is 1. The highest BCUT2D eigenvalue weighted by Gasteiger charge is 2.46. The van der Waals surface area contributed by atoms with E-state index >= 15 is 0 Å². The molecule has 0 fully saturated rings. The number of para-hydroxylation sites is 1. The molecule has 27 heavy (non-hydrogen) atoms. The van der Waals surface area contributed by atoms with Gasteiger partial charge in [0.2, 0.25) is 0 Å². The van der Waals surface area contributed by atoms with Gasteiger partial charge in [-0.25, -0.2) is 9.18 Å². The molecular formula is C21H16FNO4. The number of hydrogen-bond acceptors (Lipinski definition) is 3. The van der Waals surface area contributed by atoms with E-state index in [2.05, 4.69) is 0 Å². The second-order valence-electron chi connectivity index (χ2n) is 6.49. The van der Waals surface area contributed by atoms with Crippen molar-refractivity contribution in [1.29, 1.82) is 0 Å². The van der Waals surface area contributed by atoms with E-state index in [0.717, 1.165) is 0 Å². The summed E-state index contributed by atoms with van der Waals surface area (Å²) in [5, 5.41) is 19.9. The second kappa shape index (κ2) is 6.48. The van der Waals surface area contributed by atoms with Gasteiger partial charge >= 0.3 is 5.97 Å². The van der Waals surface area contributed by atoms with Gasteiger partial charge in [-0.2, -0.15) is 0 Å². The number of hydrogen-bond donors (Lipinski definition) is 2. The van der Waals surface area contributed by atoms with Gasteiger partial charge in [-0.1, -0.05) is 36.4 Å². The predicted octanol–water partition coefficient (Wildman–Crippen LogP) is 2.99. The van der Waals surface area contributed by atoms with Gasteiger partial charge < -0.3 is 10.2 Å². The molecule has 2 atom stereocenters. The van der Waals surface area contributed by atoms with Gasteiger partial charge in [0.05, 0.1) is 12.1 Å². The second-order valence-corrected chi connectivity index (χ2v) is 6.49. The van der Waals surface area contributed by atoms with Crippen LogP contribution in [0.5, 0.6) is 0 Å². The minimum Gasteiger partial charge on any atom is -0.478 e. The van der Waals surface area contributed by atoms with Crippen molar-refractivity contribution in [2.24, 2.45) is 0 Å². The normalized spacial score (nSPS) is 21.9. The molecule has 0 unspecified atom stereocenters. The number of amides is 1. The maximum atomic E-state index is 14.6. The van der Waals surface area contributed by atoms with Crippen molar-refractivity contribution in [2.75, 3.05) is 4.90 Å². The minimum absolute atomic E-state index is 0.0446. The van der Waals surface area contributed by atoms with E-state index in [1.165, 1.54) is 17.0 Å². The zero-order valence-corrected chi connectivity index (χ0v) is 14.2. The first-order valence-corrected chi connectivity index (χ1v) is 8.47. The smallest absolute Gasteiger partial charge is 0.331 e. The quantitative estimate of drug-likeness (QED) is 0.877. The van der Waals surface area contributed by atoms with Crippen molar-refractivity contribution >= 4 is 17.6 Å². The highest BCUT2D eigenvalue weighted by molar-refractivity contribution is 6.12. The molecule has 0 spiro atoms. The summed E-state index contributed by atoms with van der Waals surface area (Å²) < 4.78 is 14.6. The highest BCUT2D eigenvalue weighted by atomic mass is 19.1. The Bertz CT molecular complexity index is 996. The number of carboxylic acid groups (broad SMARTS) is 1. The number of carbonyl (C=O) groups is 2. The number of halogens is 1. The van der Waals surface area contributed by atoms with Crippen LogP contribution in [0, 0.1) is 5.82 Å². The van der Waals surface area contributed by atoms with Crippen LogP contribution in [0.15, 0.2) is 77.4 Å². The molecule has 1 aliphatic heterocycles. The van der Waals surface area contributed by atoms with Gasteiger partial charge in [-0.3, -0.25) is 9.69 Å². The molecule has 1 amide bonds. The Kier molecular flexibility index (Phi) is 4.12. The lowest BCUT2D eigenvalue weighted by molar-refractivity contribution is -0.132. The zero-order chi connectivity index (χ0) is 19.1. The Labute approximate surface area is 154 Å². The molecule has 0 saturated carbocycles. The lowest BCUT2D eigenvalue weighted by Crippen LogP contribution is -2.31. The molecule has 2 aromatic rings. The molecule has 0 saturated heterocycles. The summed E-state index contributed by atoms with van der Waals surface area (Å²) in [7, 11) is 0. The zero-order valence-electron chi connectivity index (χ0n) is 14.2. The van der Waals surface area contributed by atoms with Gasteiger partial charge in [0.1, 0.15) is 5.82 Å². The Hall–Kier alpha value is -3.25. The number of carboxylic acids is 1. The van der Waals surface area contributed by atoms with E-state index in [1.807, 2.05) is 0 Å². The molecule has 2 aliphatic rings. The van der Waals surface area contributed by atoms with E-state index in [4.69, 9.17) is 0 Å². The average molecular weight is 365 g/mol. The van der Waals surface area contributed by atoms with Crippen LogP contribution >= 0.6 is 0 Å². The molecule has 0 radical (unpaired) electrons. The third-order valence-corrected chi connectivity index (χ3v) is 4.93. The third kappa shape index (κ3) is 2.74. The summed E-state index contributed by atoms with van der Waals surface area (Å²) in [6.45, 7) is 0. The third-order valence-electron chi connectivity index (χ3n) is 4.93. The van der Waals surface area contributed by atoms with E-state index in [9.17, 15) is 24.2 Å². The molecule has 1 heterocycles.